The van der Waals surface area contributed by atoms with Crippen LogP contribution < -0.4 is 5.32 Å². The summed E-state index contributed by atoms with van der Waals surface area (Å²) >= 11 is 0. The number of piperidine rings is 1. The minimum atomic E-state index is 0.0571. The molecule has 1 atom stereocenters. The van der Waals surface area contributed by atoms with Crippen LogP contribution in [0.15, 0.2) is 0 Å². The van der Waals surface area contributed by atoms with E-state index in [0.29, 0.717) is 12.6 Å². The van der Waals surface area contributed by atoms with Crippen LogP contribution in [0.25, 0.3) is 0 Å². The molecule has 1 heterocycles. The van der Waals surface area contributed by atoms with Gasteiger partial charge in [0.2, 0.25) is 5.91 Å². The summed E-state index contributed by atoms with van der Waals surface area (Å²) in [5.41, 5.74) is 0. The Kier molecular flexibility index (Phi) is 4.80. The summed E-state index contributed by atoms with van der Waals surface area (Å²) in [6.45, 7) is 1.37. The van der Waals surface area contributed by atoms with Crippen molar-refractivity contribution in [1.82, 2.24) is 10.2 Å². The number of carbonyl (C=O) groups excluding carboxylic acids is 1. The molecule has 1 saturated carbocycles. The van der Waals surface area contributed by atoms with Crippen LogP contribution in [0.5, 0.6) is 0 Å². The first-order valence-corrected chi connectivity index (χ1v) is 6.95. The van der Waals surface area contributed by atoms with Crippen LogP contribution in [-0.4, -0.2) is 47.7 Å². The number of likely N-dealkylation sites (tertiary alicyclic amines) is 1. The van der Waals surface area contributed by atoms with Crippen molar-refractivity contribution in [3.05, 3.63) is 0 Å². The molecule has 1 amide bonds. The highest BCUT2D eigenvalue weighted by atomic mass is 16.3. The van der Waals surface area contributed by atoms with Crippen molar-refractivity contribution in [3.8, 4) is 0 Å². The van der Waals surface area contributed by atoms with Crippen LogP contribution in [0.4, 0.5) is 0 Å². The monoisotopic (exact) mass is 240 g/mol. The second kappa shape index (κ2) is 6.36. The van der Waals surface area contributed by atoms with E-state index >= 15 is 0 Å². The van der Waals surface area contributed by atoms with E-state index in [0.717, 1.165) is 25.8 Å². The lowest BCUT2D eigenvalue weighted by molar-refractivity contribution is -0.135. The van der Waals surface area contributed by atoms with Crippen molar-refractivity contribution < 1.29 is 9.90 Å². The van der Waals surface area contributed by atoms with Crippen LogP contribution in [0, 0.1) is 0 Å². The number of amides is 1. The first kappa shape index (κ1) is 12.8. The zero-order valence-electron chi connectivity index (χ0n) is 10.5. The van der Waals surface area contributed by atoms with Crippen LogP contribution in [0.2, 0.25) is 0 Å². The zero-order chi connectivity index (χ0) is 12.1. The van der Waals surface area contributed by atoms with Crippen LogP contribution in [0.1, 0.15) is 44.9 Å². The number of hydrogen-bond acceptors (Lipinski definition) is 3. The summed E-state index contributed by atoms with van der Waals surface area (Å²) in [7, 11) is 0. The Balaban J connectivity index is 1.76. The number of nitrogens with zero attached hydrogens (tertiary/aromatic N) is 1. The van der Waals surface area contributed by atoms with Gasteiger partial charge in [0.15, 0.2) is 0 Å². The lowest BCUT2D eigenvalue weighted by atomic mass is 10.0. The molecule has 0 spiro atoms. The normalized spacial score (nSPS) is 26.4. The molecule has 98 valence electrons. The van der Waals surface area contributed by atoms with E-state index in [9.17, 15) is 9.90 Å². The molecule has 0 aromatic carbocycles. The molecule has 0 aromatic rings. The molecule has 0 aromatic heterocycles. The number of nitrogens with one attached hydrogen (secondary N) is 1. The third-order valence-corrected chi connectivity index (χ3v) is 4.06. The van der Waals surface area contributed by atoms with Crippen molar-refractivity contribution in [3.63, 3.8) is 0 Å². The molecule has 4 heteroatoms. The first-order valence-electron chi connectivity index (χ1n) is 6.95. The van der Waals surface area contributed by atoms with E-state index in [2.05, 4.69) is 5.32 Å². The second-order valence-corrected chi connectivity index (χ2v) is 5.28. The average molecular weight is 240 g/mol. The van der Waals surface area contributed by atoms with Crippen LogP contribution in [-0.2, 0) is 4.79 Å². The van der Waals surface area contributed by atoms with Gasteiger partial charge in [0, 0.05) is 12.6 Å². The van der Waals surface area contributed by atoms with Gasteiger partial charge in [-0.05, 0) is 32.1 Å². The maximum absolute atomic E-state index is 12.1. The van der Waals surface area contributed by atoms with Gasteiger partial charge in [-0.15, -0.1) is 0 Å². The van der Waals surface area contributed by atoms with Crippen LogP contribution in [0.3, 0.4) is 0 Å². The first-order chi connectivity index (χ1) is 8.31. The van der Waals surface area contributed by atoms with Gasteiger partial charge in [0.05, 0.1) is 19.2 Å². The van der Waals surface area contributed by atoms with Gasteiger partial charge in [-0.1, -0.05) is 12.8 Å². The molecule has 2 aliphatic rings. The summed E-state index contributed by atoms with van der Waals surface area (Å²) in [5.74, 6) is 0.163. The third kappa shape index (κ3) is 3.42. The minimum Gasteiger partial charge on any atom is -0.394 e. The molecule has 17 heavy (non-hydrogen) atoms. The number of rotatable bonds is 4. The van der Waals surface area contributed by atoms with Crippen molar-refractivity contribution >= 4 is 5.91 Å². The highest BCUT2D eigenvalue weighted by molar-refractivity contribution is 5.78. The quantitative estimate of drug-likeness (QED) is 0.767. The fourth-order valence-corrected chi connectivity index (χ4v) is 2.98. The molecule has 0 radical (unpaired) electrons. The number of hydrogen-bond donors (Lipinski definition) is 2. The Hall–Kier alpha value is -0.610. The maximum Gasteiger partial charge on any atom is 0.236 e. The summed E-state index contributed by atoms with van der Waals surface area (Å²) in [6, 6.07) is 0.595. The highest BCUT2D eigenvalue weighted by Gasteiger charge is 2.26. The zero-order valence-corrected chi connectivity index (χ0v) is 10.5. The van der Waals surface area contributed by atoms with E-state index in [1.807, 2.05) is 4.90 Å². The molecule has 1 unspecified atom stereocenters. The fraction of sp³-hybridized carbons (Fsp3) is 0.923. The van der Waals surface area contributed by atoms with Gasteiger partial charge in [-0.3, -0.25) is 4.79 Å². The number of aliphatic hydroxyl groups is 1. The van der Waals surface area contributed by atoms with Crippen LogP contribution >= 0.6 is 0 Å². The fourth-order valence-electron chi connectivity index (χ4n) is 2.98. The highest BCUT2D eigenvalue weighted by Crippen LogP contribution is 2.19. The Morgan fingerprint density at radius 2 is 1.88 bits per heavy atom. The Labute approximate surface area is 103 Å². The lowest BCUT2D eigenvalue weighted by Crippen LogP contribution is -2.49. The van der Waals surface area contributed by atoms with Gasteiger partial charge < -0.3 is 15.3 Å². The Morgan fingerprint density at radius 1 is 1.18 bits per heavy atom. The SMILES string of the molecule is O=C(CNC1CCCC1)N1CCCCC1CO. The summed E-state index contributed by atoms with van der Waals surface area (Å²) in [6.07, 6.45) is 8.14. The smallest absolute Gasteiger partial charge is 0.236 e. The molecular weight excluding hydrogens is 216 g/mol. The predicted octanol–water partition coefficient (Wildman–Crippen LogP) is 0.892. The number of carbonyl (C=O) groups is 1. The van der Waals surface area contributed by atoms with Gasteiger partial charge >= 0.3 is 0 Å². The molecule has 1 saturated heterocycles. The summed E-state index contributed by atoms with van der Waals surface area (Å²) in [5, 5.41) is 12.6. The van der Waals surface area contributed by atoms with E-state index in [-0.39, 0.29) is 18.6 Å². The largest absolute Gasteiger partial charge is 0.394 e. The molecule has 0 bridgehead atoms. The molecule has 4 nitrogen and oxygen atoms in total. The van der Waals surface area contributed by atoms with E-state index in [1.165, 1.54) is 25.7 Å². The topological polar surface area (TPSA) is 52.6 Å². The van der Waals surface area contributed by atoms with E-state index in [4.69, 9.17) is 0 Å². The second-order valence-electron chi connectivity index (χ2n) is 5.28. The average Bonchev–Trinajstić information content (AvgIpc) is 2.89. The summed E-state index contributed by atoms with van der Waals surface area (Å²) in [4.78, 5) is 13.9. The van der Waals surface area contributed by atoms with Gasteiger partial charge in [0.1, 0.15) is 0 Å². The predicted molar refractivity (Wildman–Crippen MR) is 66.7 cm³/mol. The molecule has 2 rings (SSSR count). The van der Waals surface area contributed by atoms with Gasteiger partial charge in [0.25, 0.3) is 0 Å². The van der Waals surface area contributed by atoms with E-state index < -0.39 is 0 Å². The Morgan fingerprint density at radius 3 is 2.59 bits per heavy atom. The molecule has 1 aliphatic carbocycles. The van der Waals surface area contributed by atoms with Gasteiger partial charge in [-0.2, -0.15) is 0 Å². The molecule has 2 N–H and O–H groups in total. The van der Waals surface area contributed by atoms with E-state index in [1.54, 1.807) is 0 Å². The Bertz CT molecular complexity index is 252. The standard InChI is InChI=1S/C13H24N2O2/c16-10-12-7-3-4-8-15(12)13(17)9-14-11-5-1-2-6-11/h11-12,14,16H,1-10H2. The van der Waals surface area contributed by atoms with Gasteiger partial charge in [-0.25, -0.2) is 0 Å². The maximum atomic E-state index is 12.1. The minimum absolute atomic E-state index is 0.0571. The number of aliphatic hydroxyl groups excluding tert-OH is 1. The molecule has 1 aliphatic heterocycles. The van der Waals surface area contributed by atoms with Crippen molar-refractivity contribution in [2.45, 2.75) is 57.0 Å². The lowest BCUT2D eigenvalue weighted by Gasteiger charge is -2.35. The molecular formula is C13H24N2O2. The van der Waals surface area contributed by atoms with Crippen molar-refractivity contribution in [1.29, 1.82) is 0 Å². The van der Waals surface area contributed by atoms with Crippen molar-refractivity contribution in [2.75, 3.05) is 19.7 Å². The third-order valence-electron chi connectivity index (χ3n) is 4.06. The summed E-state index contributed by atoms with van der Waals surface area (Å²) < 4.78 is 0. The molecule has 2 fully saturated rings. The van der Waals surface area contributed by atoms with Crippen molar-refractivity contribution in [2.24, 2.45) is 0 Å².